The molecule has 4 nitrogen and oxygen atoms in total. The lowest BCUT2D eigenvalue weighted by Gasteiger charge is -2.31. The van der Waals surface area contributed by atoms with E-state index >= 15 is 0 Å². The predicted molar refractivity (Wildman–Crippen MR) is 151 cm³/mol. The van der Waals surface area contributed by atoms with E-state index in [1.165, 1.54) is 23.9 Å². The maximum absolute atomic E-state index is 13.6. The Hall–Kier alpha value is -2.54. The van der Waals surface area contributed by atoms with Gasteiger partial charge in [0.1, 0.15) is 11.9 Å². The molecule has 0 heterocycles. The van der Waals surface area contributed by atoms with Crippen molar-refractivity contribution in [3.63, 3.8) is 0 Å². The van der Waals surface area contributed by atoms with Crippen LogP contribution in [0.1, 0.15) is 36.5 Å². The first kappa shape index (κ1) is 29.0. The minimum atomic E-state index is -0.706. The Morgan fingerprint density at radius 2 is 1.65 bits per heavy atom. The summed E-state index contributed by atoms with van der Waals surface area (Å²) in [6.07, 6.45) is 2.19. The zero-order chi connectivity index (χ0) is 26.6. The second-order valence-electron chi connectivity index (χ2n) is 8.74. The van der Waals surface area contributed by atoms with E-state index in [0.717, 1.165) is 29.5 Å². The Morgan fingerprint density at radius 1 is 0.946 bits per heavy atom. The molecule has 3 rings (SSSR count). The van der Waals surface area contributed by atoms with E-state index in [1.54, 1.807) is 29.2 Å². The van der Waals surface area contributed by atoms with Gasteiger partial charge in [0.05, 0.1) is 15.8 Å². The van der Waals surface area contributed by atoms with E-state index in [0.29, 0.717) is 28.8 Å². The molecule has 37 heavy (non-hydrogen) atoms. The Balaban J connectivity index is 1.82. The number of nitrogens with one attached hydrogen (secondary N) is 1. The average Bonchev–Trinajstić information content (AvgIpc) is 2.90. The molecule has 0 aliphatic heterocycles. The number of benzene rings is 3. The Labute approximate surface area is 232 Å². The summed E-state index contributed by atoms with van der Waals surface area (Å²) in [4.78, 5) is 28.6. The molecule has 0 aromatic heterocycles. The van der Waals surface area contributed by atoms with Crippen molar-refractivity contribution in [2.45, 2.75) is 44.5 Å². The number of halogens is 3. The summed E-state index contributed by atoms with van der Waals surface area (Å²) in [6.45, 7) is 2.81. The van der Waals surface area contributed by atoms with E-state index in [2.05, 4.69) is 12.2 Å². The summed E-state index contributed by atoms with van der Waals surface area (Å²) in [5.74, 6) is 0.0359. The molecule has 3 aromatic rings. The summed E-state index contributed by atoms with van der Waals surface area (Å²) in [5.41, 5.74) is 2.66. The van der Waals surface area contributed by atoms with Crippen molar-refractivity contribution in [3.8, 4) is 0 Å². The van der Waals surface area contributed by atoms with Gasteiger partial charge >= 0.3 is 0 Å². The van der Waals surface area contributed by atoms with Crippen LogP contribution in [0.4, 0.5) is 4.39 Å². The second-order valence-corrected chi connectivity index (χ2v) is 10.5. The third-order valence-electron chi connectivity index (χ3n) is 5.85. The minimum absolute atomic E-state index is 0.166. The highest BCUT2D eigenvalue weighted by Gasteiger charge is 2.30. The zero-order valence-electron chi connectivity index (χ0n) is 20.8. The maximum atomic E-state index is 13.6. The number of thioether (sulfide) groups is 1. The third kappa shape index (κ3) is 9.37. The Morgan fingerprint density at radius 3 is 2.32 bits per heavy atom. The molecule has 0 unspecified atom stereocenters. The van der Waals surface area contributed by atoms with Crippen LogP contribution in [0.25, 0.3) is 0 Å². The standard InChI is InChI=1S/C29H31Cl2FN2O2S/c1-2-3-15-33-29(36)27(17-21-7-5-4-6-8-21)34(18-22-9-12-24(32)13-10-22)28(35)20-37-19-23-11-14-25(30)26(31)16-23/h4-14,16,27H,2-3,15,17-20H2,1H3,(H,33,36)/t27-/m0/s1. The first-order chi connectivity index (χ1) is 17.9. The highest BCUT2D eigenvalue weighted by molar-refractivity contribution is 7.99. The van der Waals surface area contributed by atoms with Crippen LogP contribution >= 0.6 is 35.0 Å². The van der Waals surface area contributed by atoms with Crippen LogP contribution in [0.15, 0.2) is 72.8 Å². The molecule has 2 amide bonds. The summed E-state index contributed by atoms with van der Waals surface area (Å²) in [5, 5.41) is 3.95. The molecule has 0 bridgehead atoms. The molecule has 196 valence electrons. The van der Waals surface area contributed by atoms with E-state index < -0.39 is 6.04 Å². The van der Waals surface area contributed by atoms with E-state index in [-0.39, 0.29) is 29.9 Å². The predicted octanol–water partition coefficient (Wildman–Crippen LogP) is 6.92. The lowest BCUT2D eigenvalue weighted by atomic mass is 10.0. The Bertz CT molecular complexity index is 1160. The van der Waals surface area contributed by atoms with Crippen molar-refractivity contribution in [1.82, 2.24) is 10.2 Å². The van der Waals surface area contributed by atoms with Crippen LogP contribution in [0, 0.1) is 5.82 Å². The number of unbranched alkanes of at least 4 members (excludes halogenated alkanes) is 1. The first-order valence-corrected chi connectivity index (χ1v) is 14.2. The van der Waals surface area contributed by atoms with Crippen molar-refractivity contribution < 1.29 is 14.0 Å². The molecule has 0 aliphatic carbocycles. The molecule has 1 atom stereocenters. The van der Waals surface area contributed by atoms with Crippen molar-refractivity contribution in [3.05, 3.63) is 105 Å². The number of hydrogen-bond acceptors (Lipinski definition) is 3. The van der Waals surface area contributed by atoms with Gasteiger partial charge < -0.3 is 10.2 Å². The minimum Gasteiger partial charge on any atom is -0.354 e. The van der Waals surface area contributed by atoms with Crippen LogP contribution in [0.3, 0.4) is 0 Å². The number of hydrogen-bond donors (Lipinski definition) is 1. The first-order valence-electron chi connectivity index (χ1n) is 12.2. The lowest BCUT2D eigenvalue weighted by Crippen LogP contribution is -2.51. The Kier molecular flexibility index (Phi) is 11.8. The van der Waals surface area contributed by atoms with Gasteiger partial charge in [-0.1, -0.05) is 85.1 Å². The van der Waals surface area contributed by atoms with Crippen molar-refractivity contribution >= 4 is 46.8 Å². The summed E-state index contributed by atoms with van der Waals surface area (Å²) in [7, 11) is 0. The van der Waals surface area contributed by atoms with Gasteiger partial charge in [0.25, 0.3) is 0 Å². The molecule has 0 spiro atoms. The quantitative estimate of drug-likeness (QED) is 0.231. The largest absolute Gasteiger partial charge is 0.354 e. The van der Waals surface area contributed by atoms with E-state index in [1.807, 2.05) is 36.4 Å². The van der Waals surface area contributed by atoms with Crippen molar-refractivity contribution in [2.75, 3.05) is 12.3 Å². The third-order valence-corrected chi connectivity index (χ3v) is 7.57. The summed E-state index contributed by atoms with van der Waals surface area (Å²) >= 11 is 13.6. The fourth-order valence-corrected chi connectivity index (χ4v) is 4.99. The van der Waals surface area contributed by atoms with E-state index in [9.17, 15) is 14.0 Å². The van der Waals surface area contributed by atoms with Gasteiger partial charge in [0.2, 0.25) is 11.8 Å². The van der Waals surface area contributed by atoms with Gasteiger partial charge in [-0.05, 0) is 47.4 Å². The van der Waals surface area contributed by atoms with Gasteiger partial charge in [0.15, 0.2) is 0 Å². The SMILES string of the molecule is CCCCNC(=O)[C@H](Cc1ccccc1)N(Cc1ccc(F)cc1)C(=O)CSCc1ccc(Cl)c(Cl)c1. The molecule has 0 fully saturated rings. The van der Waals surface area contributed by atoms with Gasteiger partial charge in [-0.25, -0.2) is 4.39 Å². The smallest absolute Gasteiger partial charge is 0.243 e. The van der Waals surface area contributed by atoms with Crippen molar-refractivity contribution in [1.29, 1.82) is 0 Å². The van der Waals surface area contributed by atoms with Crippen LogP contribution in [-0.2, 0) is 28.3 Å². The number of nitrogens with zero attached hydrogens (tertiary/aromatic N) is 1. The summed E-state index contributed by atoms with van der Waals surface area (Å²) in [6, 6.07) is 20.4. The number of carbonyl (C=O) groups is 2. The monoisotopic (exact) mass is 560 g/mol. The molecule has 3 aromatic carbocycles. The molecule has 0 aliphatic rings. The second kappa shape index (κ2) is 15.0. The number of amides is 2. The van der Waals surface area contributed by atoms with E-state index in [4.69, 9.17) is 23.2 Å². The van der Waals surface area contributed by atoms with Crippen molar-refractivity contribution in [2.24, 2.45) is 0 Å². The topological polar surface area (TPSA) is 49.4 Å². The normalized spacial score (nSPS) is 11.7. The molecular weight excluding hydrogens is 530 g/mol. The zero-order valence-corrected chi connectivity index (χ0v) is 23.1. The van der Waals surface area contributed by atoms with Crippen LogP contribution < -0.4 is 5.32 Å². The van der Waals surface area contributed by atoms with Crippen LogP contribution in [0.2, 0.25) is 10.0 Å². The van der Waals surface area contributed by atoms with Crippen LogP contribution in [0.5, 0.6) is 0 Å². The number of rotatable bonds is 13. The average molecular weight is 562 g/mol. The highest BCUT2D eigenvalue weighted by atomic mass is 35.5. The van der Waals surface area contributed by atoms with Gasteiger partial charge in [-0.3, -0.25) is 9.59 Å². The lowest BCUT2D eigenvalue weighted by molar-refractivity contribution is -0.139. The molecule has 1 N–H and O–H groups in total. The van der Waals surface area contributed by atoms with Gasteiger partial charge in [0, 0.05) is 25.3 Å². The fourth-order valence-electron chi connectivity index (χ4n) is 3.82. The molecule has 0 radical (unpaired) electrons. The maximum Gasteiger partial charge on any atom is 0.243 e. The molecule has 0 saturated carbocycles. The van der Waals surface area contributed by atoms with Gasteiger partial charge in [-0.2, -0.15) is 0 Å². The molecule has 0 saturated heterocycles. The van der Waals surface area contributed by atoms with Crippen LogP contribution in [-0.4, -0.2) is 35.1 Å². The molecule has 8 heteroatoms. The fraction of sp³-hybridized carbons (Fsp3) is 0.310. The number of carbonyl (C=O) groups excluding carboxylic acids is 2. The summed E-state index contributed by atoms with van der Waals surface area (Å²) < 4.78 is 13.5. The highest BCUT2D eigenvalue weighted by Crippen LogP contribution is 2.25. The van der Waals surface area contributed by atoms with Gasteiger partial charge in [-0.15, -0.1) is 11.8 Å². The molecular formula is C29H31Cl2FN2O2S.